The fraction of sp³-hybridized carbons (Fsp3) is 0.125. The molecule has 3 nitrogen and oxygen atoms in total. The van der Waals surface area contributed by atoms with Gasteiger partial charge in [-0.15, -0.1) is 5.73 Å². The molecule has 0 N–H and O–H groups in total. The quantitative estimate of drug-likeness (QED) is 0.559. The van der Waals surface area contributed by atoms with Crippen molar-refractivity contribution in [3.63, 3.8) is 0 Å². The molecule has 20 heavy (non-hydrogen) atoms. The Morgan fingerprint density at radius 2 is 2.35 bits per heavy atom. The highest BCUT2D eigenvalue weighted by molar-refractivity contribution is 8.07. The zero-order valence-corrected chi connectivity index (χ0v) is 12.2. The highest BCUT2D eigenvalue weighted by atomic mass is 32.2. The summed E-state index contributed by atoms with van der Waals surface area (Å²) in [7, 11) is 1.73. The fourth-order valence-corrected chi connectivity index (χ4v) is 2.66. The Kier molecular flexibility index (Phi) is 4.88. The molecule has 0 radical (unpaired) electrons. The molecule has 0 fully saturated rings. The van der Waals surface area contributed by atoms with Gasteiger partial charge in [0.15, 0.2) is 0 Å². The van der Waals surface area contributed by atoms with Gasteiger partial charge in [-0.25, -0.2) is 0 Å². The second-order valence-corrected chi connectivity index (χ2v) is 5.24. The largest absolute Gasteiger partial charge is 0.296 e. The molecule has 0 unspecified atom stereocenters. The van der Waals surface area contributed by atoms with Crippen LogP contribution in [-0.4, -0.2) is 26.2 Å². The van der Waals surface area contributed by atoms with Gasteiger partial charge < -0.3 is 0 Å². The van der Waals surface area contributed by atoms with Crippen LogP contribution in [0.25, 0.3) is 0 Å². The SMILES string of the molecule is C=N/C1=C/CC2=C(C=C=CC=N2)SC(=C)/C=C1/C=N\C. The molecule has 0 amide bonds. The fourth-order valence-electron chi connectivity index (χ4n) is 1.81. The zero-order valence-electron chi connectivity index (χ0n) is 11.3. The van der Waals surface area contributed by atoms with E-state index in [4.69, 9.17) is 0 Å². The number of rotatable bonds is 2. The molecule has 0 aromatic carbocycles. The lowest BCUT2D eigenvalue weighted by molar-refractivity contribution is 1.14. The van der Waals surface area contributed by atoms with Gasteiger partial charge in [-0.2, -0.15) is 0 Å². The highest BCUT2D eigenvalue weighted by Crippen LogP contribution is 2.34. The lowest BCUT2D eigenvalue weighted by Gasteiger charge is -2.04. The molecule has 0 atom stereocenters. The number of aliphatic imine (C=N–C) groups is 3. The second-order valence-electron chi connectivity index (χ2n) is 4.07. The van der Waals surface area contributed by atoms with E-state index >= 15 is 0 Å². The van der Waals surface area contributed by atoms with Gasteiger partial charge in [0.25, 0.3) is 0 Å². The first kappa shape index (κ1) is 14.3. The molecule has 100 valence electrons. The molecule has 0 aromatic heterocycles. The second kappa shape index (κ2) is 6.85. The number of hydrogen-bond acceptors (Lipinski definition) is 4. The first-order valence-corrected chi connectivity index (χ1v) is 6.92. The summed E-state index contributed by atoms with van der Waals surface area (Å²) in [4.78, 5) is 14.5. The van der Waals surface area contributed by atoms with Crippen LogP contribution in [0.2, 0.25) is 0 Å². The van der Waals surface area contributed by atoms with Gasteiger partial charge in [0.2, 0.25) is 0 Å². The summed E-state index contributed by atoms with van der Waals surface area (Å²) in [6.45, 7) is 7.70. The average molecular weight is 281 g/mol. The van der Waals surface area contributed by atoms with Crippen molar-refractivity contribution in [3.05, 3.63) is 63.4 Å². The van der Waals surface area contributed by atoms with E-state index in [2.05, 4.69) is 34.0 Å². The summed E-state index contributed by atoms with van der Waals surface area (Å²) in [5.41, 5.74) is 5.75. The summed E-state index contributed by atoms with van der Waals surface area (Å²) in [6.07, 6.45) is 11.9. The van der Waals surface area contributed by atoms with E-state index in [1.807, 2.05) is 18.2 Å². The summed E-state index contributed by atoms with van der Waals surface area (Å²) in [5.74, 6) is 0. The Hall–Kier alpha value is -2.16. The summed E-state index contributed by atoms with van der Waals surface area (Å²) in [5, 5.41) is 0. The Labute approximate surface area is 123 Å². The van der Waals surface area contributed by atoms with Crippen LogP contribution in [0.15, 0.2) is 78.4 Å². The molecule has 2 aliphatic rings. The smallest absolute Gasteiger partial charge is 0.0674 e. The minimum atomic E-state index is 0.682. The van der Waals surface area contributed by atoms with Crippen LogP contribution in [0.5, 0.6) is 0 Å². The van der Waals surface area contributed by atoms with Crippen LogP contribution in [0, 0.1) is 0 Å². The number of allylic oxidation sites excluding steroid dienone is 4. The van der Waals surface area contributed by atoms with Gasteiger partial charge in [0.1, 0.15) is 0 Å². The van der Waals surface area contributed by atoms with E-state index < -0.39 is 0 Å². The van der Waals surface area contributed by atoms with Crippen molar-refractivity contribution in [2.45, 2.75) is 6.42 Å². The molecule has 4 heteroatoms. The number of nitrogens with zero attached hydrogens (tertiary/aromatic N) is 3. The third-order valence-corrected chi connectivity index (χ3v) is 3.63. The standard InChI is InChI=1S/C16H15N3S/c1-12-10-13(11-17-2)14(18-3)7-8-15-16(20-12)6-4-5-9-19-15/h5-7,9-11H,1,3,8H2,2H3/b13-10-,14-7+,17-11-. The number of hydrogen-bond donors (Lipinski definition) is 0. The average Bonchev–Trinajstić information content (AvgIpc) is 2.62. The molecular formula is C16H15N3S. The highest BCUT2D eigenvalue weighted by Gasteiger charge is 2.11. The van der Waals surface area contributed by atoms with Gasteiger partial charge >= 0.3 is 0 Å². The van der Waals surface area contributed by atoms with E-state index in [1.165, 1.54) is 0 Å². The van der Waals surface area contributed by atoms with Crippen LogP contribution in [0.4, 0.5) is 0 Å². The molecule has 0 saturated carbocycles. The van der Waals surface area contributed by atoms with Gasteiger partial charge in [0, 0.05) is 41.3 Å². The number of thioether (sulfide) groups is 1. The molecule has 2 aliphatic heterocycles. The van der Waals surface area contributed by atoms with Crippen molar-refractivity contribution in [2.24, 2.45) is 15.0 Å². The summed E-state index contributed by atoms with van der Waals surface area (Å²) in [6, 6.07) is 0. The monoisotopic (exact) mass is 281 g/mol. The molecule has 0 spiro atoms. The molecular weight excluding hydrogens is 266 g/mol. The first-order valence-electron chi connectivity index (χ1n) is 6.10. The predicted molar refractivity (Wildman–Crippen MR) is 89.7 cm³/mol. The van der Waals surface area contributed by atoms with Gasteiger partial charge in [0.05, 0.1) is 11.4 Å². The van der Waals surface area contributed by atoms with Crippen molar-refractivity contribution in [3.8, 4) is 0 Å². The third-order valence-electron chi connectivity index (χ3n) is 2.68. The molecule has 0 saturated heterocycles. The van der Waals surface area contributed by atoms with Crippen molar-refractivity contribution in [2.75, 3.05) is 7.05 Å². The van der Waals surface area contributed by atoms with E-state index in [0.29, 0.717) is 6.42 Å². The molecule has 0 aliphatic carbocycles. The minimum absolute atomic E-state index is 0.682. The maximum atomic E-state index is 4.44. The van der Waals surface area contributed by atoms with E-state index in [1.54, 1.807) is 37.3 Å². The van der Waals surface area contributed by atoms with E-state index in [9.17, 15) is 0 Å². The first-order chi connectivity index (χ1) is 9.74. The van der Waals surface area contributed by atoms with Crippen molar-refractivity contribution >= 4 is 30.9 Å². The van der Waals surface area contributed by atoms with Crippen LogP contribution < -0.4 is 0 Å². The molecule has 0 aromatic rings. The molecule has 0 bridgehead atoms. The van der Waals surface area contributed by atoms with Gasteiger partial charge in [-0.05, 0) is 24.9 Å². The maximum Gasteiger partial charge on any atom is 0.0674 e. The van der Waals surface area contributed by atoms with Crippen LogP contribution in [0.3, 0.4) is 0 Å². The Balaban J connectivity index is 2.50. The molecule has 2 rings (SSSR count). The third kappa shape index (κ3) is 3.44. The van der Waals surface area contributed by atoms with Crippen molar-refractivity contribution in [1.82, 2.24) is 0 Å². The van der Waals surface area contributed by atoms with Gasteiger partial charge in [-0.1, -0.05) is 24.4 Å². The Bertz CT molecular complexity index is 651. The van der Waals surface area contributed by atoms with Crippen molar-refractivity contribution in [1.29, 1.82) is 0 Å². The maximum absolute atomic E-state index is 4.44. The lowest BCUT2D eigenvalue weighted by Crippen LogP contribution is -1.90. The van der Waals surface area contributed by atoms with E-state index in [-0.39, 0.29) is 0 Å². The minimum Gasteiger partial charge on any atom is -0.296 e. The molecule has 2 heterocycles. The predicted octanol–water partition coefficient (Wildman–Crippen LogP) is 3.86. The van der Waals surface area contributed by atoms with Crippen molar-refractivity contribution < 1.29 is 0 Å². The Morgan fingerprint density at radius 3 is 3.10 bits per heavy atom. The summed E-state index contributed by atoms with van der Waals surface area (Å²) < 4.78 is 0. The van der Waals surface area contributed by atoms with Crippen LogP contribution in [0.1, 0.15) is 6.42 Å². The van der Waals surface area contributed by atoms with Gasteiger partial charge in [-0.3, -0.25) is 15.0 Å². The zero-order chi connectivity index (χ0) is 14.4. The van der Waals surface area contributed by atoms with Crippen LogP contribution in [-0.2, 0) is 0 Å². The lowest BCUT2D eigenvalue weighted by atomic mass is 10.1. The Morgan fingerprint density at radius 1 is 1.50 bits per heavy atom. The topological polar surface area (TPSA) is 37.1 Å². The van der Waals surface area contributed by atoms with E-state index in [0.717, 1.165) is 26.8 Å². The summed E-state index contributed by atoms with van der Waals surface area (Å²) >= 11 is 1.57. The normalized spacial score (nSPS) is 24.1. The van der Waals surface area contributed by atoms with Crippen LogP contribution >= 0.6 is 11.8 Å².